The van der Waals surface area contributed by atoms with Crippen molar-refractivity contribution >= 4 is 41.3 Å². The van der Waals surface area contributed by atoms with E-state index in [1.165, 1.54) is 9.88 Å². The normalized spacial score (nSPS) is 20.0. The van der Waals surface area contributed by atoms with Crippen molar-refractivity contribution in [3.8, 4) is 0 Å². The Bertz CT molecular complexity index is 532. The Hall–Kier alpha value is -0.450. The highest BCUT2D eigenvalue weighted by atomic mass is 127. The lowest BCUT2D eigenvalue weighted by Crippen LogP contribution is -2.53. The molecular formula is C17H32IN5OS. The number of morpholine rings is 1. The molecule has 0 aliphatic carbocycles. The molecule has 1 aliphatic heterocycles. The second kappa shape index (κ2) is 11.3. The van der Waals surface area contributed by atoms with Gasteiger partial charge in [-0.3, -0.25) is 9.89 Å². The van der Waals surface area contributed by atoms with E-state index in [0.29, 0.717) is 12.1 Å². The molecule has 8 heteroatoms. The molecule has 0 radical (unpaired) electrons. The van der Waals surface area contributed by atoms with Gasteiger partial charge in [-0.2, -0.15) is 0 Å². The molecule has 2 rings (SSSR count). The zero-order valence-corrected chi connectivity index (χ0v) is 19.1. The van der Waals surface area contributed by atoms with Crippen molar-refractivity contribution in [2.24, 2.45) is 4.99 Å². The van der Waals surface area contributed by atoms with Crippen LogP contribution in [0.4, 0.5) is 0 Å². The molecule has 1 aromatic rings. The Labute approximate surface area is 172 Å². The van der Waals surface area contributed by atoms with Gasteiger partial charge in [-0.25, -0.2) is 4.98 Å². The highest BCUT2D eigenvalue weighted by molar-refractivity contribution is 14.0. The second-order valence-electron chi connectivity index (χ2n) is 6.39. The van der Waals surface area contributed by atoms with E-state index >= 15 is 0 Å². The van der Waals surface area contributed by atoms with E-state index in [-0.39, 0.29) is 24.0 Å². The van der Waals surface area contributed by atoms with Crippen molar-refractivity contribution < 1.29 is 4.74 Å². The van der Waals surface area contributed by atoms with E-state index in [4.69, 9.17) is 4.74 Å². The average Bonchev–Trinajstić information content (AvgIpc) is 2.89. The van der Waals surface area contributed by atoms with E-state index in [1.807, 2.05) is 7.05 Å². The predicted molar refractivity (Wildman–Crippen MR) is 117 cm³/mol. The Kier molecular flexibility index (Phi) is 10.2. The number of aryl methyl sites for hydroxylation is 2. The van der Waals surface area contributed by atoms with E-state index in [9.17, 15) is 0 Å². The predicted octanol–water partition coefficient (Wildman–Crippen LogP) is 2.19. The number of nitrogens with zero attached hydrogens (tertiary/aromatic N) is 3. The summed E-state index contributed by atoms with van der Waals surface area (Å²) in [5, 5.41) is 7.99. The van der Waals surface area contributed by atoms with Gasteiger partial charge in [-0.15, -0.1) is 35.3 Å². The number of hydrogen-bond donors (Lipinski definition) is 2. The minimum absolute atomic E-state index is 0. The van der Waals surface area contributed by atoms with Gasteiger partial charge < -0.3 is 15.4 Å². The first kappa shape index (κ1) is 22.6. The van der Waals surface area contributed by atoms with Crippen molar-refractivity contribution in [2.75, 3.05) is 39.9 Å². The van der Waals surface area contributed by atoms with Crippen LogP contribution in [-0.4, -0.2) is 67.8 Å². The van der Waals surface area contributed by atoms with Gasteiger partial charge in [0.1, 0.15) is 0 Å². The van der Waals surface area contributed by atoms with Crippen LogP contribution in [0.3, 0.4) is 0 Å². The number of aliphatic imine (C=N–C) groups is 1. The highest BCUT2D eigenvalue weighted by Crippen LogP contribution is 2.16. The molecule has 0 amide bonds. The standard InChI is InChI=1S/C17H31N5OS.HI/c1-12(22-8-9-23-11-13(22)2)10-20-17(18-5)19-7-6-16-21-14(3)15(4)24-16;/h12-13H,6-11H2,1-5H3,(H2,18,19,20);1H. The monoisotopic (exact) mass is 481 g/mol. The molecule has 1 aliphatic rings. The molecule has 144 valence electrons. The lowest BCUT2D eigenvalue weighted by molar-refractivity contribution is -0.0174. The van der Waals surface area contributed by atoms with Gasteiger partial charge in [0, 0.05) is 50.1 Å². The van der Waals surface area contributed by atoms with Crippen LogP contribution in [0, 0.1) is 13.8 Å². The fraction of sp³-hybridized carbons (Fsp3) is 0.765. The maximum atomic E-state index is 5.51. The number of thiazole rings is 1. The average molecular weight is 481 g/mol. The summed E-state index contributed by atoms with van der Waals surface area (Å²) in [6.45, 7) is 13.0. The molecule has 0 spiro atoms. The largest absolute Gasteiger partial charge is 0.379 e. The number of nitrogens with one attached hydrogen (secondary N) is 2. The summed E-state index contributed by atoms with van der Waals surface area (Å²) in [4.78, 5) is 12.7. The van der Waals surface area contributed by atoms with Gasteiger partial charge in [0.25, 0.3) is 0 Å². The number of halogens is 1. The van der Waals surface area contributed by atoms with Crippen LogP contribution in [0.15, 0.2) is 4.99 Å². The van der Waals surface area contributed by atoms with E-state index in [0.717, 1.165) is 50.9 Å². The number of rotatable bonds is 6. The number of hydrogen-bond acceptors (Lipinski definition) is 5. The molecule has 1 saturated heterocycles. The molecule has 0 bridgehead atoms. The summed E-state index contributed by atoms with van der Waals surface area (Å²) in [6, 6.07) is 0.925. The minimum Gasteiger partial charge on any atom is -0.379 e. The summed E-state index contributed by atoms with van der Waals surface area (Å²) >= 11 is 1.78. The van der Waals surface area contributed by atoms with Crippen molar-refractivity contribution in [1.82, 2.24) is 20.5 Å². The van der Waals surface area contributed by atoms with Crippen LogP contribution in [0.5, 0.6) is 0 Å². The maximum absolute atomic E-state index is 5.51. The molecule has 2 heterocycles. The molecule has 0 aromatic carbocycles. The second-order valence-corrected chi connectivity index (χ2v) is 7.68. The van der Waals surface area contributed by atoms with Gasteiger partial charge in [0.05, 0.1) is 23.9 Å². The molecular weight excluding hydrogens is 449 g/mol. The van der Waals surface area contributed by atoms with Gasteiger partial charge in [0.15, 0.2) is 5.96 Å². The zero-order chi connectivity index (χ0) is 17.5. The van der Waals surface area contributed by atoms with Crippen molar-refractivity contribution in [3.05, 3.63) is 15.6 Å². The quantitative estimate of drug-likeness (QED) is 0.371. The first-order valence-electron chi connectivity index (χ1n) is 8.72. The van der Waals surface area contributed by atoms with Crippen LogP contribution in [0.25, 0.3) is 0 Å². The van der Waals surface area contributed by atoms with Crippen LogP contribution in [0.1, 0.15) is 29.4 Å². The molecule has 2 N–H and O–H groups in total. The molecule has 6 nitrogen and oxygen atoms in total. The van der Waals surface area contributed by atoms with Crippen molar-refractivity contribution in [2.45, 2.75) is 46.2 Å². The summed E-state index contributed by atoms with van der Waals surface area (Å²) in [5.74, 6) is 0.854. The molecule has 25 heavy (non-hydrogen) atoms. The summed E-state index contributed by atoms with van der Waals surface area (Å²) in [7, 11) is 1.81. The van der Waals surface area contributed by atoms with Gasteiger partial charge in [-0.05, 0) is 27.7 Å². The van der Waals surface area contributed by atoms with Crippen LogP contribution in [0.2, 0.25) is 0 Å². The highest BCUT2D eigenvalue weighted by Gasteiger charge is 2.23. The number of ether oxygens (including phenoxy) is 1. The Morgan fingerprint density at radius 2 is 2.20 bits per heavy atom. The van der Waals surface area contributed by atoms with E-state index in [2.05, 4.69) is 53.2 Å². The molecule has 1 fully saturated rings. The minimum atomic E-state index is 0. The van der Waals surface area contributed by atoms with Crippen LogP contribution in [-0.2, 0) is 11.2 Å². The number of guanidine groups is 1. The summed E-state index contributed by atoms with van der Waals surface area (Å²) < 4.78 is 5.51. The summed E-state index contributed by atoms with van der Waals surface area (Å²) in [5.41, 5.74) is 1.14. The van der Waals surface area contributed by atoms with E-state index in [1.54, 1.807) is 11.3 Å². The third-order valence-corrected chi connectivity index (χ3v) is 5.61. The zero-order valence-electron chi connectivity index (χ0n) is 16.0. The first-order valence-corrected chi connectivity index (χ1v) is 9.53. The third kappa shape index (κ3) is 6.99. The van der Waals surface area contributed by atoms with Crippen LogP contribution < -0.4 is 10.6 Å². The first-order chi connectivity index (χ1) is 11.5. The third-order valence-electron chi connectivity index (χ3n) is 4.48. The maximum Gasteiger partial charge on any atom is 0.191 e. The lowest BCUT2D eigenvalue weighted by Gasteiger charge is -2.38. The smallest absolute Gasteiger partial charge is 0.191 e. The number of aromatic nitrogens is 1. The SMILES string of the molecule is CN=C(NCCc1nc(C)c(C)s1)NCC(C)N1CCOCC1C.I. The summed E-state index contributed by atoms with van der Waals surface area (Å²) in [6.07, 6.45) is 0.927. The van der Waals surface area contributed by atoms with Gasteiger partial charge in [0.2, 0.25) is 0 Å². The topological polar surface area (TPSA) is 61.8 Å². The fourth-order valence-electron chi connectivity index (χ4n) is 2.91. The van der Waals surface area contributed by atoms with Crippen LogP contribution >= 0.6 is 35.3 Å². The van der Waals surface area contributed by atoms with Crippen molar-refractivity contribution in [3.63, 3.8) is 0 Å². The van der Waals surface area contributed by atoms with Gasteiger partial charge in [-0.1, -0.05) is 0 Å². The van der Waals surface area contributed by atoms with Gasteiger partial charge >= 0.3 is 0 Å². The van der Waals surface area contributed by atoms with E-state index < -0.39 is 0 Å². The Balaban J connectivity index is 0.00000312. The molecule has 0 saturated carbocycles. The fourth-order valence-corrected chi connectivity index (χ4v) is 3.84. The molecule has 2 unspecified atom stereocenters. The molecule has 2 atom stereocenters. The Morgan fingerprint density at radius 1 is 1.44 bits per heavy atom. The van der Waals surface area contributed by atoms with Crippen molar-refractivity contribution in [1.29, 1.82) is 0 Å². The Morgan fingerprint density at radius 3 is 2.80 bits per heavy atom. The molecule has 1 aromatic heterocycles. The lowest BCUT2D eigenvalue weighted by atomic mass is 10.2.